The minimum Gasteiger partial charge on any atom is -0.294 e. The zero-order valence-corrected chi connectivity index (χ0v) is 7.80. The second kappa shape index (κ2) is 3.03. The molecule has 1 aromatic rings. The predicted octanol–water partition coefficient (Wildman–Crippen LogP) is 1.68. The van der Waals surface area contributed by atoms with Gasteiger partial charge in [-0.25, -0.2) is 0 Å². The molecule has 0 fully saturated rings. The topological polar surface area (TPSA) is 51.2 Å². The molecule has 1 aliphatic rings. The fourth-order valence-electron chi connectivity index (χ4n) is 1.42. The number of hydrogen-bond acceptors (Lipinski definition) is 3. The van der Waals surface area contributed by atoms with Crippen molar-refractivity contribution in [3.8, 4) is 0 Å². The minimum absolute atomic E-state index is 0.163. The van der Waals surface area contributed by atoms with Gasteiger partial charge in [-0.2, -0.15) is 0 Å². The highest BCUT2D eigenvalue weighted by Gasteiger charge is 2.30. The van der Waals surface area contributed by atoms with Crippen LogP contribution in [0.3, 0.4) is 0 Å². The van der Waals surface area contributed by atoms with Crippen molar-refractivity contribution in [3.63, 3.8) is 0 Å². The molecule has 1 aliphatic carbocycles. The molecule has 0 amide bonds. The van der Waals surface area contributed by atoms with Crippen LogP contribution in [0.15, 0.2) is 18.2 Å². The van der Waals surface area contributed by atoms with E-state index in [1.807, 2.05) is 0 Å². The van der Waals surface area contributed by atoms with Gasteiger partial charge in [0.05, 0.1) is 6.42 Å². The van der Waals surface area contributed by atoms with E-state index in [1.54, 1.807) is 0 Å². The van der Waals surface area contributed by atoms with Crippen molar-refractivity contribution in [2.45, 2.75) is 6.42 Å². The predicted molar refractivity (Wildman–Crippen MR) is 49.7 cm³/mol. The maximum Gasteiger partial charge on any atom is 0.229 e. The van der Waals surface area contributed by atoms with E-state index in [1.165, 1.54) is 18.2 Å². The lowest BCUT2D eigenvalue weighted by molar-refractivity contribution is -0.114. The monoisotopic (exact) mass is 208 g/mol. The van der Waals surface area contributed by atoms with E-state index >= 15 is 0 Å². The molecule has 0 radical (unpaired) electrons. The van der Waals surface area contributed by atoms with E-state index < -0.39 is 11.6 Å². The Morgan fingerprint density at radius 3 is 2.43 bits per heavy atom. The third-order valence-corrected chi connectivity index (χ3v) is 2.34. The third-order valence-electron chi connectivity index (χ3n) is 2.10. The first-order chi connectivity index (χ1) is 6.59. The lowest BCUT2D eigenvalue weighted by Gasteiger charge is -2.12. The van der Waals surface area contributed by atoms with Gasteiger partial charge in [-0.3, -0.25) is 14.4 Å². The number of Topliss-reactive ketones (excluding diaryl/α,β-unsaturated/α-hetero) is 3. The maximum atomic E-state index is 11.4. The van der Waals surface area contributed by atoms with Crippen molar-refractivity contribution in [2.75, 3.05) is 0 Å². The lowest BCUT2D eigenvalue weighted by Crippen LogP contribution is -2.26. The molecule has 14 heavy (non-hydrogen) atoms. The summed E-state index contributed by atoms with van der Waals surface area (Å²) in [5, 5.41) is 0.388. The Morgan fingerprint density at radius 2 is 1.71 bits per heavy atom. The molecule has 0 atom stereocenters. The summed E-state index contributed by atoms with van der Waals surface area (Å²) >= 11 is 5.68. The number of rotatable bonds is 0. The molecule has 0 bridgehead atoms. The molecule has 0 spiro atoms. The van der Waals surface area contributed by atoms with Crippen LogP contribution in [0.2, 0.25) is 5.02 Å². The van der Waals surface area contributed by atoms with Crippen LogP contribution in [0.4, 0.5) is 0 Å². The van der Waals surface area contributed by atoms with Crippen LogP contribution in [-0.2, 0) is 4.79 Å². The van der Waals surface area contributed by atoms with Gasteiger partial charge in [-0.05, 0) is 18.2 Å². The summed E-state index contributed by atoms with van der Waals surface area (Å²) in [6.45, 7) is 0. The first-order valence-corrected chi connectivity index (χ1v) is 4.37. The molecule has 0 saturated heterocycles. The summed E-state index contributed by atoms with van der Waals surface area (Å²) in [6.07, 6.45) is -0.341. The van der Waals surface area contributed by atoms with Gasteiger partial charge in [0, 0.05) is 16.1 Å². The van der Waals surface area contributed by atoms with Crippen LogP contribution in [0.1, 0.15) is 27.1 Å². The Kier molecular flexibility index (Phi) is 1.97. The van der Waals surface area contributed by atoms with Crippen LogP contribution < -0.4 is 0 Å². The van der Waals surface area contributed by atoms with Gasteiger partial charge < -0.3 is 0 Å². The Bertz CT molecular complexity index is 462. The third kappa shape index (κ3) is 1.26. The van der Waals surface area contributed by atoms with Gasteiger partial charge in [0.1, 0.15) is 0 Å². The normalized spacial score (nSPS) is 15.6. The zero-order chi connectivity index (χ0) is 10.3. The summed E-state index contributed by atoms with van der Waals surface area (Å²) in [7, 11) is 0. The van der Waals surface area contributed by atoms with E-state index in [2.05, 4.69) is 0 Å². The van der Waals surface area contributed by atoms with Crippen molar-refractivity contribution >= 4 is 29.0 Å². The Morgan fingerprint density at radius 1 is 1.00 bits per heavy atom. The number of carbonyl (C=O) groups excluding carboxylic acids is 3. The van der Waals surface area contributed by atoms with E-state index in [0.717, 1.165) is 0 Å². The van der Waals surface area contributed by atoms with Gasteiger partial charge in [0.25, 0.3) is 0 Å². The summed E-state index contributed by atoms with van der Waals surface area (Å²) < 4.78 is 0. The number of carbonyl (C=O) groups is 3. The van der Waals surface area contributed by atoms with Gasteiger partial charge in [0.2, 0.25) is 11.6 Å². The Hall–Kier alpha value is -1.48. The molecule has 2 rings (SSSR count). The largest absolute Gasteiger partial charge is 0.294 e. The molecule has 70 valence electrons. The first-order valence-electron chi connectivity index (χ1n) is 4.00. The average Bonchev–Trinajstić information content (AvgIpc) is 2.14. The second-order valence-corrected chi connectivity index (χ2v) is 3.48. The van der Waals surface area contributed by atoms with Crippen molar-refractivity contribution < 1.29 is 14.4 Å². The number of halogens is 1. The molecular formula is C10H5ClO3. The molecule has 0 aromatic heterocycles. The molecule has 1 aromatic carbocycles. The standard InChI is InChI=1S/C10H5ClO3/c11-5-1-2-6-7(3-5)8(12)4-9(13)10(6)14/h1-3H,4H2. The van der Waals surface area contributed by atoms with E-state index in [9.17, 15) is 14.4 Å². The summed E-state index contributed by atoms with van der Waals surface area (Å²) in [5.41, 5.74) is 0.415. The summed E-state index contributed by atoms with van der Waals surface area (Å²) in [6, 6.07) is 4.32. The maximum absolute atomic E-state index is 11.4. The van der Waals surface area contributed by atoms with Crippen molar-refractivity contribution in [2.24, 2.45) is 0 Å². The van der Waals surface area contributed by atoms with E-state index in [-0.39, 0.29) is 23.3 Å². The first kappa shape index (κ1) is 9.09. The number of benzene rings is 1. The molecular weight excluding hydrogens is 204 g/mol. The average molecular weight is 209 g/mol. The fourth-order valence-corrected chi connectivity index (χ4v) is 1.59. The lowest BCUT2D eigenvalue weighted by atomic mass is 9.89. The van der Waals surface area contributed by atoms with Gasteiger partial charge in [0.15, 0.2) is 5.78 Å². The minimum atomic E-state index is -0.648. The van der Waals surface area contributed by atoms with Gasteiger partial charge >= 0.3 is 0 Å². The summed E-state index contributed by atoms with van der Waals surface area (Å²) in [4.78, 5) is 33.7. The molecule has 0 aliphatic heterocycles. The highest BCUT2D eigenvalue weighted by molar-refractivity contribution is 6.51. The van der Waals surface area contributed by atoms with Crippen LogP contribution in [-0.4, -0.2) is 17.3 Å². The highest BCUT2D eigenvalue weighted by atomic mass is 35.5. The molecule has 0 saturated carbocycles. The molecule has 4 heteroatoms. The van der Waals surface area contributed by atoms with Crippen LogP contribution in [0.25, 0.3) is 0 Å². The van der Waals surface area contributed by atoms with E-state index in [0.29, 0.717) is 5.02 Å². The highest BCUT2D eigenvalue weighted by Crippen LogP contribution is 2.22. The molecule has 0 unspecified atom stereocenters. The molecule has 0 heterocycles. The molecule has 0 N–H and O–H groups in total. The van der Waals surface area contributed by atoms with Gasteiger partial charge in [-0.1, -0.05) is 11.6 Å². The Balaban J connectivity index is 2.67. The Labute approximate surface area is 84.7 Å². The van der Waals surface area contributed by atoms with Gasteiger partial charge in [-0.15, -0.1) is 0 Å². The smallest absolute Gasteiger partial charge is 0.229 e. The zero-order valence-electron chi connectivity index (χ0n) is 7.04. The number of hydrogen-bond donors (Lipinski definition) is 0. The SMILES string of the molecule is O=C1CC(=O)c2cc(Cl)ccc2C1=O. The van der Waals surface area contributed by atoms with Crippen molar-refractivity contribution in [1.82, 2.24) is 0 Å². The van der Waals surface area contributed by atoms with Crippen LogP contribution in [0.5, 0.6) is 0 Å². The van der Waals surface area contributed by atoms with Crippen LogP contribution in [0, 0.1) is 0 Å². The number of ketones is 3. The van der Waals surface area contributed by atoms with Crippen molar-refractivity contribution in [1.29, 1.82) is 0 Å². The summed E-state index contributed by atoms with van der Waals surface area (Å²) in [5.74, 6) is -1.59. The van der Waals surface area contributed by atoms with Crippen LogP contribution >= 0.6 is 11.6 Å². The fraction of sp³-hybridized carbons (Fsp3) is 0.100. The van der Waals surface area contributed by atoms with E-state index in [4.69, 9.17) is 11.6 Å². The number of fused-ring (bicyclic) bond motifs is 1. The second-order valence-electron chi connectivity index (χ2n) is 3.04. The van der Waals surface area contributed by atoms with Crippen molar-refractivity contribution in [3.05, 3.63) is 34.3 Å². The molecule has 3 nitrogen and oxygen atoms in total. The quantitative estimate of drug-likeness (QED) is 0.482.